The van der Waals surface area contributed by atoms with Gasteiger partial charge in [0.2, 0.25) is 0 Å². The first kappa shape index (κ1) is 49.4. The fourth-order valence-corrected chi connectivity index (χ4v) is 13.9. The molecular formula is C46H76O18. The summed E-state index contributed by atoms with van der Waals surface area (Å²) in [5, 5.41) is 105. The van der Waals surface area contributed by atoms with E-state index in [1.165, 1.54) is 0 Å². The normalized spacial score (nSPS) is 55.5. The molecule has 18 heteroatoms. The topological polar surface area (TPSA) is 276 Å². The van der Waals surface area contributed by atoms with Crippen molar-refractivity contribution in [1.29, 1.82) is 0 Å². The van der Waals surface area contributed by atoms with Gasteiger partial charge in [-0.25, -0.2) is 0 Å². The molecule has 3 saturated carbocycles. The van der Waals surface area contributed by atoms with Crippen LogP contribution in [0.3, 0.4) is 0 Å². The van der Waals surface area contributed by atoms with Gasteiger partial charge in [0, 0.05) is 31.3 Å². The molecule has 0 unspecified atom stereocenters. The van der Waals surface area contributed by atoms with E-state index in [-0.39, 0.29) is 47.7 Å². The van der Waals surface area contributed by atoms with Crippen molar-refractivity contribution in [2.24, 2.45) is 46.3 Å². The Morgan fingerprint density at radius 2 is 1.36 bits per heavy atom. The van der Waals surface area contributed by atoms with Crippen molar-refractivity contribution in [3.8, 4) is 0 Å². The molecule has 4 aliphatic heterocycles. The number of aliphatic hydroxyl groups excluding tert-OH is 10. The molecule has 0 spiro atoms. The van der Waals surface area contributed by atoms with E-state index in [2.05, 4.69) is 26.8 Å². The molecule has 4 heterocycles. The first-order valence-corrected chi connectivity index (χ1v) is 23.7. The van der Waals surface area contributed by atoms with Crippen LogP contribution in [0, 0.1) is 46.3 Å². The van der Waals surface area contributed by atoms with Crippen LogP contribution >= 0.6 is 0 Å². The Hall–Kier alpha value is -0.980. The molecule has 4 aliphatic carbocycles. The Kier molecular flexibility index (Phi) is 14.5. The molecule has 8 rings (SSSR count). The van der Waals surface area contributed by atoms with Crippen molar-refractivity contribution in [2.45, 2.75) is 209 Å². The van der Waals surface area contributed by atoms with E-state index in [4.69, 9.17) is 37.9 Å². The van der Waals surface area contributed by atoms with Crippen molar-refractivity contribution in [3.63, 3.8) is 0 Å². The van der Waals surface area contributed by atoms with Crippen molar-refractivity contribution in [2.75, 3.05) is 20.3 Å². The highest BCUT2D eigenvalue weighted by molar-refractivity contribution is 5.29. The van der Waals surface area contributed by atoms with Crippen LogP contribution in [-0.4, -0.2) is 188 Å². The van der Waals surface area contributed by atoms with E-state index in [0.717, 1.165) is 31.3 Å². The molecule has 7 fully saturated rings. The maximum absolute atomic E-state index is 11.2. The molecule has 368 valence electrons. The molecule has 0 bridgehead atoms. The van der Waals surface area contributed by atoms with Crippen molar-refractivity contribution < 1.29 is 89.0 Å². The molecular weight excluding hydrogens is 840 g/mol. The van der Waals surface area contributed by atoms with Gasteiger partial charge in [-0.3, -0.25) is 0 Å². The average Bonchev–Trinajstić information content (AvgIpc) is 3.73. The zero-order valence-corrected chi connectivity index (χ0v) is 38.2. The summed E-state index contributed by atoms with van der Waals surface area (Å²) >= 11 is 0. The lowest BCUT2D eigenvalue weighted by atomic mass is 9.46. The number of allylic oxidation sites excluding steroid dienone is 1. The monoisotopic (exact) mass is 917 g/mol. The Balaban J connectivity index is 0.977. The second kappa shape index (κ2) is 18.7. The summed E-state index contributed by atoms with van der Waals surface area (Å²) in [6.07, 6.45) is -12.3. The summed E-state index contributed by atoms with van der Waals surface area (Å²) < 4.78 is 49.9. The van der Waals surface area contributed by atoms with E-state index < -0.39 is 122 Å². The van der Waals surface area contributed by atoms with Crippen LogP contribution < -0.4 is 0 Å². The molecule has 0 radical (unpaired) electrons. The third-order valence-corrected chi connectivity index (χ3v) is 17.8. The van der Waals surface area contributed by atoms with Gasteiger partial charge in [0.1, 0.15) is 61.0 Å². The van der Waals surface area contributed by atoms with Crippen molar-refractivity contribution in [3.05, 3.63) is 11.6 Å². The van der Waals surface area contributed by atoms with Crippen LogP contribution in [0.1, 0.15) is 92.9 Å². The second-order valence-corrected chi connectivity index (χ2v) is 21.3. The number of methoxy groups -OCH3 is 1. The summed E-state index contributed by atoms with van der Waals surface area (Å²) in [7, 11) is 1.71. The molecule has 27 atom stereocenters. The second-order valence-electron chi connectivity index (χ2n) is 21.3. The Morgan fingerprint density at radius 3 is 1.98 bits per heavy atom. The lowest BCUT2D eigenvalue weighted by Crippen LogP contribution is -2.62. The molecule has 0 amide bonds. The van der Waals surface area contributed by atoms with Crippen LogP contribution in [0.5, 0.6) is 0 Å². The minimum atomic E-state index is -1.51. The van der Waals surface area contributed by atoms with Crippen LogP contribution in [-0.2, 0) is 37.9 Å². The minimum Gasteiger partial charge on any atom is -0.394 e. The third-order valence-electron chi connectivity index (χ3n) is 17.8. The standard InChI is InChI=1S/C46H76O18/c1-19(18-58-41-38(54)37(53)34(50)29(17-47)62-41)10-13-46(57-7)20(2)31-28(64-46)16-27-25-9-8-23-14-24(61-42-39(55)35(51)32(48)21(3)59-42)15-30(45(23,6)26(25)11-12-44(27,31)5)63-43-40(56)36(52)33(49)22(4)60-43/h8,19-22,24-43,47-56H,9-18H2,1-7H3/t19-,20-,21-,22+,24+,25+,26-,27-,28-,29+,30+,31-,32-,33-,34+,35+,36-,37-,38+,39+,40+,41+,42-,43-,44-,45-,46+/m0/s1. The Morgan fingerprint density at radius 1 is 0.750 bits per heavy atom. The van der Waals surface area contributed by atoms with Crippen molar-refractivity contribution in [1.82, 2.24) is 0 Å². The molecule has 8 aliphatic rings. The molecule has 0 aromatic carbocycles. The lowest BCUT2D eigenvalue weighted by Gasteiger charge is -2.61. The molecule has 64 heavy (non-hydrogen) atoms. The molecule has 10 N–H and O–H groups in total. The SMILES string of the molecule is CO[C@]1(CC[C@H](C)CO[C@@H]2O[C@H](CO)[C@@H](O)[C@H](O)[C@H]2O)O[C@H]2C[C@H]3[C@@H]4CC=C5C[C@@H](O[C@@H]6O[C@@H](C)[C@H](O)[C@@H](O)[C@H]6O)C[C@@H](O[C@@H]6O[C@H](C)[C@H](O)[C@H](O)[C@H]6O)[C@]5(C)[C@H]4CC[C@]3(C)[C@H]2[C@@H]1C. The zero-order chi connectivity index (χ0) is 46.4. The lowest BCUT2D eigenvalue weighted by molar-refractivity contribution is -0.329. The summed E-state index contributed by atoms with van der Waals surface area (Å²) in [4.78, 5) is 0. The number of aliphatic hydroxyl groups is 10. The largest absolute Gasteiger partial charge is 0.394 e. The maximum Gasteiger partial charge on any atom is 0.186 e. The number of hydrogen-bond donors (Lipinski definition) is 10. The fraction of sp³-hybridized carbons (Fsp3) is 0.957. The summed E-state index contributed by atoms with van der Waals surface area (Å²) in [6, 6.07) is 0. The van der Waals surface area contributed by atoms with Crippen LogP contribution in [0.4, 0.5) is 0 Å². The van der Waals surface area contributed by atoms with E-state index in [1.807, 2.05) is 6.92 Å². The molecule has 0 aromatic heterocycles. The van der Waals surface area contributed by atoms with E-state index in [0.29, 0.717) is 31.6 Å². The van der Waals surface area contributed by atoms with Crippen LogP contribution in [0.25, 0.3) is 0 Å². The summed E-state index contributed by atoms with van der Waals surface area (Å²) in [6.45, 7) is 11.8. The van der Waals surface area contributed by atoms with Gasteiger partial charge in [-0.15, -0.1) is 0 Å². The predicted molar refractivity (Wildman–Crippen MR) is 222 cm³/mol. The number of hydrogen-bond acceptors (Lipinski definition) is 18. The smallest absolute Gasteiger partial charge is 0.186 e. The highest BCUT2D eigenvalue weighted by atomic mass is 16.7. The molecule has 18 nitrogen and oxygen atoms in total. The summed E-state index contributed by atoms with van der Waals surface area (Å²) in [5.41, 5.74) is 0.527. The first-order chi connectivity index (χ1) is 30.2. The number of fused-ring (bicyclic) bond motifs is 7. The minimum absolute atomic E-state index is 0.00555. The highest BCUT2D eigenvalue weighted by Gasteiger charge is 2.69. The van der Waals surface area contributed by atoms with Gasteiger partial charge in [0.15, 0.2) is 24.7 Å². The van der Waals surface area contributed by atoms with Gasteiger partial charge in [0.05, 0.1) is 43.7 Å². The van der Waals surface area contributed by atoms with Gasteiger partial charge in [0.25, 0.3) is 0 Å². The zero-order valence-electron chi connectivity index (χ0n) is 38.2. The van der Waals surface area contributed by atoms with Gasteiger partial charge in [-0.05, 0) is 87.4 Å². The van der Waals surface area contributed by atoms with E-state index >= 15 is 0 Å². The van der Waals surface area contributed by atoms with E-state index in [9.17, 15) is 51.1 Å². The molecule has 4 saturated heterocycles. The summed E-state index contributed by atoms with van der Waals surface area (Å²) in [5.74, 6) is 0.235. The highest BCUT2D eigenvalue weighted by Crippen LogP contribution is 2.71. The van der Waals surface area contributed by atoms with Crippen LogP contribution in [0.2, 0.25) is 0 Å². The van der Waals surface area contributed by atoms with Gasteiger partial charge >= 0.3 is 0 Å². The predicted octanol–water partition coefficient (Wildman–Crippen LogP) is -0.179. The molecule has 0 aromatic rings. The maximum atomic E-state index is 11.2. The van der Waals surface area contributed by atoms with E-state index in [1.54, 1.807) is 21.0 Å². The van der Waals surface area contributed by atoms with Crippen LogP contribution in [0.15, 0.2) is 11.6 Å². The van der Waals surface area contributed by atoms with Gasteiger partial charge < -0.3 is 89.0 Å². The average molecular weight is 917 g/mol. The Bertz CT molecular complexity index is 1640. The first-order valence-electron chi connectivity index (χ1n) is 23.7. The number of rotatable bonds is 12. The van der Waals surface area contributed by atoms with Gasteiger partial charge in [-0.2, -0.15) is 0 Å². The third kappa shape index (κ3) is 8.27. The van der Waals surface area contributed by atoms with Crippen molar-refractivity contribution >= 4 is 0 Å². The Labute approximate surface area is 375 Å². The quantitative estimate of drug-likeness (QED) is 0.114. The number of ether oxygens (including phenoxy) is 8. The fourth-order valence-electron chi connectivity index (χ4n) is 13.9. The van der Waals surface area contributed by atoms with Gasteiger partial charge in [-0.1, -0.05) is 39.3 Å².